The van der Waals surface area contributed by atoms with Gasteiger partial charge in [0.1, 0.15) is 11.6 Å². The first kappa shape index (κ1) is 22.4. The Kier molecular flexibility index (Phi) is 7.36. The minimum atomic E-state index is -0.552. The Balaban J connectivity index is 1.31. The first-order valence-electron chi connectivity index (χ1n) is 11.6. The van der Waals surface area contributed by atoms with Gasteiger partial charge in [0.15, 0.2) is 0 Å². The molecular formula is C26H34F2N2O. The SMILES string of the molecule is OC[C@@]1(Cc2ccc(F)cc2F)CCCN(C2CCN(CCc3ccccc3)CC2)C1. The Bertz CT molecular complexity index is 839. The van der Waals surface area contributed by atoms with Crippen molar-refractivity contribution in [2.24, 2.45) is 5.41 Å². The van der Waals surface area contributed by atoms with E-state index in [1.54, 1.807) is 0 Å². The van der Waals surface area contributed by atoms with E-state index in [0.717, 1.165) is 70.9 Å². The Hall–Kier alpha value is -1.82. The molecule has 2 aromatic rings. The molecule has 2 saturated heterocycles. The predicted octanol–water partition coefficient (Wildman–Crippen LogP) is 4.29. The molecule has 4 rings (SSSR count). The van der Waals surface area contributed by atoms with Crippen LogP contribution in [0.2, 0.25) is 0 Å². The molecule has 0 radical (unpaired) electrons. The van der Waals surface area contributed by atoms with Crippen LogP contribution in [0.15, 0.2) is 48.5 Å². The van der Waals surface area contributed by atoms with Gasteiger partial charge in [-0.2, -0.15) is 0 Å². The highest BCUT2D eigenvalue weighted by molar-refractivity contribution is 5.21. The Labute approximate surface area is 184 Å². The van der Waals surface area contributed by atoms with Gasteiger partial charge in [0, 0.05) is 30.6 Å². The lowest BCUT2D eigenvalue weighted by atomic mass is 9.75. The molecule has 2 aromatic carbocycles. The molecule has 3 nitrogen and oxygen atoms in total. The average Bonchev–Trinajstić information content (AvgIpc) is 2.81. The minimum Gasteiger partial charge on any atom is -0.396 e. The normalized spacial score (nSPS) is 23.8. The molecule has 2 aliphatic rings. The Morgan fingerprint density at radius 2 is 1.77 bits per heavy atom. The zero-order valence-electron chi connectivity index (χ0n) is 18.3. The third kappa shape index (κ3) is 5.71. The van der Waals surface area contributed by atoms with Gasteiger partial charge in [0.25, 0.3) is 0 Å². The van der Waals surface area contributed by atoms with E-state index < -0.39 is 11.6 Å². The second-order valence-corrected chi connectivity index (χ2v) is 9.45. The van der Waals surface area contributed by atoms with Crippen LogP contribution in [0.3, 0.4) is 0 Å². The molecule has 0 saturated carbocycles. The van der Waals surface area contributed by atoms with Gasteiger partial charge in [-0.3, -0.25) is 4.90 Å². The quantitative estimate of drug-likeness (QED) is 0.713. The van der Waals surface area contributed by atoms with Gasteiger partial charge in [-0.25, -0.2) is 8.78 Å². The van der Waals surface area contributed by atoms with Crippen molar-refractivity contribution < 1.29 is 13.9 Å². The van der Waals surface area contributed by atoms with Gasteiger partial charge in [0.05, 0.1) is 6.61 Å². The maximum absolute atomic E-state index is 14.3. The second kappa shape index (κ2) is 10.2. The molecule has 0 amide bonds. The number of rotatable bonds is 7. The summed E-state index contributed by atoms with van der Waals surface area (Å²) in [6, 6.07) is 15.0. The van der Waals surface area contributed by atoms with Gasteiger partial charge >= 0.3 is 0 Å². The zero-order valence-corrected chi connectivity index (χ0v) is 18.3. The van der Waals surface area contributed by atoms with E-state index in [2.05, 4.69) is 40.1 Å². The molecule has 0 spiro atoms. The fourth-order valence-corrected chi connectivity index (χ4v) is 5.40. The molecule has 0 unspecified atom stereocenters. The van der Waals surface area contributed by atoms with Crippen molar-refractivity contribution in [3.8, 4) is 0 Å². The summed E-state index contributed by atoms with van der Waals surface area (Å²) in [5, 5.41) is 10.3. The Morgan fingerprint density at radius 3 is 2.48 bits per heavy atom. The zero-order chi connectivity index (χ0) is 21.7. The first-order chi connectivity index (χ1) is 15.1. The smallest absolute Gasteiger partial charge is 0.129 e. The van der Waals surface area contributed by atoms with Crippen molar-refractivity contribution in [2.75, 3.05) is 39.3 Å². The fraction of sp³-hybridized carbons (Fsp3) is 0.538. The molecule has 0 aromatic heterocycles. The van der Waals surface area contributed by atoms with Crippen LogP contribution in [0.1, 0.15) is 36.8 Å². The average molecular weight is 429 g/mol. The molecule has 31 heavy (non-hydrogen) atoms. The van der Waals surface area contributed by atoms with E-state index in [0.29, 0.717) is 18.0 Å². The summed E-state index contributed by atoms with van der Waals surface area (Å²) >= 11 is 0. The third-order valence-electron chi connectivity index (χ3n) is 7.24. The van der Waals surface area contributed by atoms with Crippen LogP contribution in [0.4, 0.5) is 8.78 Å². The monoisotopic (exact) mass is 428 g/mol. The molecule has 0 aliphatic carbocycles. The molecule has 0 bridgehead atoms. The number of likely N-dealkylation sites (tertiary alicyclic amines) is 2. The van der Waals surface area contributed by atoms with Crippen LogP contribution in [0.5, 0.6) is 0 Å². The molecular weight excluding hydrogens is 394 g/mol. The number of aliphatic hydroxyl groups is 1. The summed E-state index contributed by atoms with van der Waals surface area (Å²) < 4.78 is 27.6. The van der Waals surface area contributed by atoms with Gasteiger partial charge < -0.3 is 10.0 Å². The summed E-state index contributed by atoms with van der Waals surface area (Å²) in [6.07, 6.45) is 5.72. The van der Waals surface area contributed by atoms with Gasteiger partial charge in [-0.05, 0) is 75.4 Å². The highest BCUT2D eigenvalue weighted by atomic mass is 19.1. The maximum Gasteiger partial charge on any atom is 0.129 e. The van der Waals surface area contributed by atoms with E-state index in [1.165, 1.54) is 17.7 Å². The Morgan fingerprint density at radius 1 is 1.00 bits per heavy atom. The van der Waals surface area contributed by atoms with E-state index in [-0.39, 0.29) is 12.0 Å². The van der Waals surface area contributed by atoms with E-state index in [9.17, 15) is 13.9 Å². The first-order valence-corrected chi connectivity index (χ1v) is 11.6. The fourth-order valence-electron chi connectivity index (χ4n) is 5.40. The van der Waals surface area contributed by atoms with Crippen molar-refractivity contribution in [1.29, 1.82) is 0 Å². The number of benzene rings is 2. The highest BCUT2D eigenvalue weighted by Gasteiger charge is 2.38. The van der Waals surface area contributed by atoms with E-state index in [1.807, 2.05) is 0 Å². The van der Waals surface area contributed by atoms with Crippen LogP contribution in [0, 0.1) is 17.0 Å². The van der Waals surface area contributed by atoms with Gasteiger partial charge in [-0.15, -0.1) is 0 Å². The van der Waals surface area contributed by atoms with E-state index in [4.69, 9.17) is 0 Å². The van der Waals surface area contributed by atoms with E-state index >= 15 is 0 Å². The highest BCUT2D eigenvalue weighted by Crippen LogP contribution is 2.36. The molecule has 2 heterocycles. The summed E-state index contributed by atoms with van der Waals surface area (Å²) in [6.45, 7) is 5.17. The molecule has 5 heteroatoms. The molecule has 1 N–H and O–H groups in total. The van der Waals surface area contributed by atoms with Crippen LogP contribution in [-0.2, 0) is 12.8 Å². The number of halogens is 2. The molecule has 168 valence electrons. The standard InChI is InChI=1S/C26H34F2N2O/c27-23-8-7-22(25(28)17-23)18-26(20-31)12-4-13-30(19-26)24-10-15-29(16-11-24)14-9-21-5-2-1-3-6-21/h1-3,5-8,17,24,31H,4,9-16,18-20H2/t26-/m1/s1. The summed E-state index contributed by atoms with van der Waals surface area (Å²) in [5.41, 5.74) is 1.55. The van der Waals surface area contributed by atoms with Crippen molar-refractivity contribution in [2.45, 2.75) is 44.6 Å². The predicted molar refractivity (Wildman–Crippen MR) is 120 cm³/mol. The molecule has 2 aliphatic heterocycles. The number of piperidine rings is 2. The van der Waals surface area contributed by atoms with Crippen molar-refractivity contribution >= 4 is 0 Å². The summed E-state index contributed by atoms with van der Waals surface area (Å²) in [5.74, 6) is -1.06. The van der Waals surface area contributed by atoms with Crippen molar-refractivity contribution in [3.63, 3.8) is 0 Å². The maximum atomic E-state index is 14.3. The topological polar surface area (TPSA) is 26.7 Å². The van der Waals surface area contributed by atoms with Gasteiger partial charge in [-0.1, -0.05) is 36.4 Å². The number of aliphatic hydroxyl groups excluding tert-OH is 1. The third-order valence-corrected chi connectivity index (χ3v) is 7.24. The lowest BCUT2D eigenvalue weighted by molar-refractivity contribution is -0.00306. The molecule has 2 fully saturated rings. The van der Waals surface area contributed by atoms with Gasteiger partial charge in [0.2, 0.25) is 0 Å². The lowest BCUT2D eigenvalue weighted by Crippen LogP contribution is -2.53. The van der Waals surface area contributed by atoms with Crippen LogP contribution in [0.25, 0.3) is 0 Å². The minimum absolute atomic E-state index is 0.0379. The second-order valence-electron chi connectivity index (χ2n) is 9.45. The largest absolute Gasteiger partial charge is 0.396 e. The van der Waals surface area contributed by atoms with Crippen molar-refractivity contribution in [3.05, 3.63) is 71.3 Å². The van der Waals surface area contributed by atoms with Crippen LogP contribution in [-0.4, -0.2) is 60.3 Å². The van der Waals surface area contributed by atoms with Crippen LogP contribution >= 0.6 is 0 Å². The molecule has 1 atom stereocenters. The number of nitrogens with zero attached hydrogens (tertiary/aromatic N) is 2. The van der Waals surface area contributed by atoms with Crippen LogP contribution < -0.4 is 0 Å². The van der Waals surface area contributed by atoms with Crippen molar-refractivity contribution in [1.82, 2.24) is 9.80 Å². The summed E-state index contributed by atoms with van der Waals surface area (Å²) in [7, 11) is 0. The number of hydrogen-bond donors (Lipinski definition) is 1. The summed E-state index contributed by atoms with van der Waals surface area (Å²) in [4.78, 5) is 5.08. The lowest BCUT2D eigenvalue weighted by Gasteiger charge is -2.47. The number of hydrogen-bond acceptors (Lipinski definition) is 3.